The number of carbonyl (C=O) groups excluding carboxylic acids is 1. The fraction of sp³-hybridized carbons (Fsp3) is 0.341. The van der Waals surface area contributed by atoms with E-state index < -0.39 is 17.3 Å². The molecular formula is C44H42FN8O6P. The van der Waals surface area contributed by atoms with Crippen LogP contribution in [0.25, 0.3) is 28.1 Å². The number of aromatic amines is 1. The minimum Gasteiger partial charge on any atom is -0.381 e. The van der Waals surface area contributed by atoms with E-state index in [1.807, 2.05) is 22.5 Å². The van der Waals surface area contributed by atoms with Crippen LogP contribution in [0, 0.1) is 25.6 Å². The molecule has 14 nitrogen and oxygen atoms in total. The standard InChI is InChI=1S/C44H42FN8O6P/c1-24-19-32(20-25(2)38(24)45)53-39(51-16-15-50(43(51)56)31-6-8-33(60-57)9-7-31)37-27(4)49(14-11-34(37)47-53)40(54)36-22-30-21-29(28-12-17-58-18-13-28)5-10-35(30)52(36)44(23-26(44)3)41-46-42(55)59-48-41/h5-10,15-16,19-22,26-28H,11-14,17-18,23H2,1-4H3,(H,46,48,55)/t26-,27-,44-/m0/s1. The van der Waals surface area contributed by atoms with Crippen LogP contribution in [0.15, 0.2) is 87.2 Å². The van der Waals surface area contributed by atoms with Gasteiger partial charge in [0.2, 0.25) is 0 Å². The molecule has 1 amide bonds. The van der Waals surface area contributed by atoms with E-state index in [1.54, 1.807) is 67.3 Å². The topological polar surface area (TPSA) is 155 Å². The van der Waals surface area contributed by atoms with Gasteiger partial charge >= 0.3 is 11.4 Å². The first kappa shape index (κ1) is 38.0. The van der Waals surface area contributed by atoms with E-state index in [9.17, 15) is 14.2 Å². The van der Waals surface area contributed by atoms with E-state index in [4.69, 9.17) is 14.4 Å². The number of fused-ring (bicyclic) bond motifs is 2. The molecule has 2 fully saturated rings. The Labute approximate surface area is 344 Å². The van der Waals surface area contributed by atoms with Gasteiger partial charge in [-0.05, 0) is 123 Å². The lowest BCUT2D eigenvalue weighted by atomic mass is 9.91. The maximum absolute atomic E-state index is 15.4. The number of hydrogen-bond donors (Lipinski definition) is 1. The number of imidazole rings is 1. The van der Waals surface area contributed by atoms with E-state index in [0.717, 1.165) is 23.7 Å². The zero-order valence-electron chi connectivity index (χ0n) is 33.5. The summed E-state index contributed by atoms with van der Waals surface area (Å²) < 4.78 is 43.9. The molecule has 1 saturated carbocycles. The molecule has 0 bridgehead atoms. The number of nitrogens with zero attached hydrogens (tertiary/aromatic N) is 7. The number of aromatic nitrogens is 7. The fourth-order valence-electron chi connectivity index (χ4n) is 9.62. The average Bonchev–Trinajstić information content (AvgIpc) is 3.75. The summed E-state index contributed by atoms with van der Waals surface area (Å²) in [6.45, 7) is 9.14. The molecule has 3 aromatic carbocycles. The number of benzene rings is 3. The molecule has 1 N–H and O–H groups in total. The highest BCUT2D eigenvalue weighted by Gasteiger charge is 2.59. The summed E-state index contributed by atoms with van der Waals surface area (Å²) in [6.07, 6.45) is 6.18. The molecule has 0 spiro atoms. The van der Waals surface area contributed by atoms with Crippen LogP contribution in [0.4, 0.5) is 4.39 Å². The monoisotopic (exact) mass is 828 g/mol. The van der Waals surface area contributed by atoms with Crippen LogP contribution in [0.5, 0.6) is 0 Å². The maximum atomic E-state index is 15.4. The summed E-state index contributed by atoms with van der Waals surface area (Å²) in [5.74, 6) is -0.0331. The lowest BCUT2D eigenvalue weighted by molar-refractivity contribution is 0.0663. The van der Waals surface area contributed by atoms with Gasteiger partial charge in [-0.3, -0.25) is 28.0 Å². The molecular weight excluding hydrogens is 787 g/mol. The molecule has 1 aliphatic carbocycles. The average molecular weight is 829 g/mol. The van der Waals surface area contributed by atoms with E-state index in [1.165, 1.54) is 14.7 Å². The van der Waals surface area contributed by atoms with Crippen LogP contribution in [0.2, 0.25) is 0 Å². The van der Waals surface area contributed by atoms with Crippen molar-refractivity contribution in [1.29, 1.82) is 0 Å². The summed E-state index contributed by atoms with van der Waals surface area (Å²) in [7, 11) is -0.124. The number of rotatable bonds is 8. The second-order valence-electron chi connectivity index (χ2n) is 16.4. The summed E-state index contributed by atoms with van der Waals surface area (Å²) in [5.41, 5.74) is 4.70. The Morgan fingerprint density at radius 1 is 0.950 bits per heavy atom. The molecule has 306 valence electrons. The van der Waals surface area contributed by atoms with Crippen LogP contribution in [0.1, 0.15) is 89.3 Å². The predicted octanol–water partition coefficient (Wildman–Crippen LogP) is 6.55. The number of nitrogens with one attached hydrogen (secondary N) is 1. The van der Waals surface area contributed by atoms with Gasteiger partial charge in [0, 0.05) is 60.3 Å². The number of hydrogen-bond acceptors (Lipinski definition) is 8. The normalized spacial score (nSPS) is 20.6. The lowest BCUT2D eigenvalue weighted by Gasteiger charge is -2.34. The second-order valence-corrected chi connectivity index (χ2v) is 17.1. The Hall–Kier alpha value is -6.18. The Kier molecular flexibility index (Phi) is 9.03. The van der Waals surface area contributed by atoms with E-state index >= 15 is 9.18 Å². The summed E-state index contributed by atoms with van der Waals surface area (Å²) >= 11 is 0. The molecule has 7 aromatic rings. The van der Waals surface area contributed by atoms with Crippen molar-refractivity contribution in [2.75, 3.05) is 19.8 Å². The molecule has 16 heteroatoms. The number of H-pyrrole nitrogens is 1. The molecule has 0 radical (unpaired) electrons. The number of amides is 1. The van der Waals surface area contributed by atoms with Gasteiger partial charge < -0.3 is 14.2 Å². The molecule has 60 heavy (non-hydrogen) atoms. The summed E-state index contributed by atoms with van der Waals surface area (Å²) in [6, 6.07) is 18.0. The highest BCUT2D eigenvalue weighted by molar-refractivity contribution is 7.34. The quantitative estimate of drug-likeness (QED) is 0.169. The van der Waals surface area contributed by atoms with Crippen LogP contribution >= 0.6 is 8.46 Å². The zero-order chi connectivity index (χ0) is 41.6. The van der Waals surface area contributed by atoms with E-state index in [0.29, 0.717) is 94.9 Å². The van der Waals surface area contributed by atoms with Crippen LogP contribution in [0.3, 0.4) is 0 Å². The van der Waals surface area contributed by atoms with Gasteiger partial charge in [0.15, 0.2) is 14.3 Å². The Balaban J connectivity index is 1.12. The lowest BCUT2D eigenvalue weighted by Crippen LogP contribution is -2.41. The van der Waals surface area contributed by atoms with Crippen molar-refractivity contribution in [1.82, 2.24) is 38.5 Å². The Morgan fingerprint density at radius 2 is 1.67 bits per heavy atom. The number of carbonyl (C=O) groups is 1. The largest absolute Gasteiger partial charge is 0.438 e. The Morgan fingerprint density at radius 3 is 2.33 bits per heavy atom. The van der Waals surface area contributed by atoms with Gasteiger partial charge in [-0.15, -0.1) is 0 Å². The highest BCUT2D eigenvalue weighted by atomic mass is 31.1. The van der Waals surface area contributed by atoms with Gasteiger partial charge in [0.1, 0.15) is 22.9 Å². The molecule has 3 aliphatic rings. The minimum atomic E-state index is -0.820. The summed E-state index contributed by atoms with van der Waals surface area (Å²) in [5, 5.41) is 10.7. The van der Waals surface area contributed by atoms with Crippen LogP contribution in [-0.2, 0) is 21.3 Å². The first-order valence-electron chi connectivity index (χ1n) is 20.2. The maximum Gasteiger partial charge on any atom is 0.438 e. The van der Waals surface area contributed by atoms with Gasteiger partial charge in [-0.25, -0.2) is 18.7 Å². The predicted molar refractivity (Wildman–Crippen MR) is 221 cm³/mol. The first-order chi connectivity index (χ1) is 29.0. The SMILES string of the molecule is Cc1cc(-n2nc3c(c2-n2ccn(-c4ccc(P=O)cc4)c2=O)[C@H](C)N(C(=O)c2cc4cc(C5CCOCC5)ccc4n2[C@@]2(c4noc(=O)[nH]4)C[C@@H]2C)CC3)cc(C)c1F. The molecule has 4 aromatic heterocycles. The second kappa shape index (κ2) is 14.2. The zero-order valence-corrected chi connectivity index (χ0v) is 34.4. The highest BCUT2D eigenvalue weighted by Crippen LogP contribution is 2.56. The van der Waals surface area contributed by atoms with Gasteiger partial charge in [0.25, 0.3) is 5.91 Å². The van der Waals surface area contributed by atoms with Gasteiger partial charge in [0.05, 0.1) is 23.1 Å². The fourth-order valence-corrected chi connectivity index (χ4v) is 9.89. The molecule has 2 aliphatic heterocycles. The molecule has 0 unspecified atom stereocenters. The number of ether oxygens (including phenoxy) is 1. The van der Waals surface area contributed by atoms with Crippen molar-refractivity contribution >= 4 is 30.6 Å². The van der Waals surface area contributed by atoms with Crippen molar-refractivity contribution in [2.24, 2.45) is 5.92 Å². The van der Waals surface area contributed by atoms with Gasteiger partial charge in [-0.1, -0.05) is 18.1 Å². The third-order valence-corrected chi connectivity index (χ3v) is 13.4. The first-order valence-corrected chi connectivity index (χ1v) is 21.0. The smallest absolute Gasteiger partial charge is 0.381 e. The third-order valence-electron chi connectivity index (χ3n) is 12.9. The third kappa shape index (κ3) is 5.88. The number of aryl methyl sites for hydroxylation is 2. The molecule has 10 rings (SSSR count). The summed E-state index contributed by atoms with van der Waals surface area (Å²) in [4.78, 5) is 46.8. The van der Waals surface area contributed by atoms with Crippen LogP contribution < -0.4 is 16.8 Å². The van der Waals surface area contributed by atoms with Crippen molar-refractivity contribution < 1.29 is 23.0 Å². The van der Waals surface area contributed by atoms with E-state index in [-0.39, 0.29) is 31.8 Å². The molecule has 3 atom stereocenters. The van der Waals surface area contributed by atoms with Crippen LogP contribution in [-0.4, -0.2) is 64.2 Å². The van der Waals surface area contributed by atoms with Crippen molar-refractivity contribution in [2.45, 2.75) is 70.9 Å². The van der Waals surface area contributed by atoms with Crippen molar-refractivity contribution in [3.63, 3.8) is 0 Å². The Bertz CT molecular complexity index is 2960. The van der Waals surface area contributed by atoms with Gasteiger partial charge in [-0.2, -0.15) is 5.10 Å². The molecule has 6 heterocycles. The molecule has 1 saturated heterocycles. The van der Waals surface area contributed by atoms with Crippen molar-refractivity contribution in [3.8, 4) is 17.2 Å². The minimum absolute atomic E-state index is 0.0282. The number of halogens is 1. The van der Waals surface area contributed by atoms with Crippen molar-refractivity contribution in [3.05, 3.63) is 139 Å². The van der Waals surface area contributed by atoms with E-state index in [2.05, 4.69) is 35.3 Å².